The summed E-state index contributed by atoms with van der Waals surface area (Å²) in [5.41, 5.74) is 5.76. The van der Waals surface area contributed by atoms with Crippen molar-refractivity contribution in [3.05, 3.63) is 35.4 Å². The van der Waals surface area contributed by atoms with E-state index < -0.39 is 11.6 Å². The first-order valence-corrected chi connectivity index (χ1v) is 5.18. The Morgan fingerprint density at radius 3 is 2.38 bits per heavy atom. The first kappa shape index (κ1) is 12.8. The van der Waals surface area contributed by atoms with Crippen LogP contribution in [0.4, 0.5) is 8.78 Å². The zero-order valence-electron chi connectivity index (χ0n) is 9.17. The quantitative estimate of drug-likeness (QED) is 0.836. The highest BCUT2D eigenvalue weighted by atomic mass is 19.1. The van der Waals surface area contributed by atoms with Gasteiger partial charge in [-0.15, -0.1) is 0 Å². The van der Waals surface area contributed by atoms with Crippen molar-refractivity contribution >= 4 is 5.78 Å². The SMILES string of the molecule is CC(CN)CC(=O)Cc1cc(F)cc(F)c1. The molecule has 0 saturated heterocycles. The van der Waals surface area contributed by atoms with Gasteiger partial charge in [0, 0.05) is 18.9 Å². The van der Waals surface area contributed by atoms with Gasteiger partial charge in [0.05, 0.1) is 0 Å². The van der Waals surface area contributed by atoms with Crippen LogP contribution in [0.5, 0.6) is 0 Å². The van der Waals surface area contributed by atoms with Crippen LogP contribution in [0.1, 0.15) is 18.9 Å². The van der Waals surface area contributed by atoms with E-state index in [1.165, 1.54) is 12.1 Å². The number of halogens is 2. The topological polar surface area (TPSA) is 43.1 Å². The van der Waals surface area contributed by atoms with Gasteiger partial charge in [-0.05, 0) is 30.2 Å². The van der Waals surface area contributed by atoms with Crippen LogP contribution >= 0.6 is 0 Å². The van der Waals surface area contributed by atoms with Gasteiger partial charge in [-0.1, -0.05) is 6.92 Å². The average Bonchev–Trinajstić information content (AvgIpc) is 2.15. The fraction of sp³-hybridized carbons (Fsp3) is 0.417. The minimum Gasteiger partial charge on any atom is -0.330 e. The fourth-order valence-corrected chi connectivity index (χ4v) is 1.48. The van der Waals surface area contributed by atoms with E-state index in [-0.39, 0.29) is 18.1 Å². The minimum atomic E-state index is -0.658. The molecule has 0 amide bonds. The molecule has 1 atom stereocenters. The summed E-state index contributed by atoms with van der Waals surface area (Å²) in [4.78, 5) is 11.5. The monoisotopic (exact) mass is 227 g/mol. The van der Waals surface area contributed by atoms with E-state index in [1.807, 2.05) is 6.92 Å². The maximum Gasteiger partial charge on any atom is 0.137 e. The number of carbonyl (C=O) groups excluding carboxylic acids is 1. The largest absolute Gasteiger partial charge is 0.330 e. The number of hydrogen-bond donors (Lipinski definition) is 1. The van der Waals surface area contributed by atoms with Gasteiger partial charge in [-0.3, -0.25) is 4.79 Å². The minimum absolute atomic E-state index is 0.0528. The van der Waals surface area contributed by atoms with Gasteiger partial charge < -0.3 is 5.73 Å². The van der Waals surface area contributed by atoms with Crippen LogP contribution in [0.3, 0.4) is 0 Å². The van der Waals surface area contributed by atoms with E-state index >= 15 is 0 Å². The van der Waals surface area contributed by atoms with Gasteiger partial charge in [-0.25, -0.2) is 8.78 Å². The lowest BCUT2D eigenvalue weighted by Crippen LogP contribution is -2.16. The Morgan fingerprint density at radius 2 is 1.88 bits per heavy atom. The number of carbonyl (C=O) groups is 1. The number of ketones is 1. The van der Waals surface area contributed by atoms with Gasteiger partial charge in [-0.2, -0.15) is 0 Å². The number of benzene rings is 1. The summed E-state index contributed by atoms with van der Waals surface area (Å²) < 4.78 is 25.7. The number of hydrogen-bond acceptors (Lipinski definition) is 2. The lowest BCUT2D eigenvalue weighted by Gasteiger charge is -2.07. The molecule has 4 heteroatoms. The summed E-state index contributed by atoms with van der Waals surface area (Å²) in [6.07, 6.45) is 0.396. The molecule has 0 radical (unpaired) electrons. The predicted octanol–water partition coefficient (Wildman–Crippen LogP) is 2.06. The van der Waals surface area contributed by atoms with Crippen molar-refractivity contribution < 1.29 is 13.6 Å². The molecule has 1 rings (SSSR count). The molecule has 1 aromatic rings. The van der Waals surface area contributed by atoms with E-state index in [0.29, 0.717) is 18.5 Å². The Morgan fingerprint density at radius 1 is 1.31 bits per heavy atom. The Kier molecular flexibility index (Phi) is 4.55. The van der Waals surface area contributed by atoms with E-state index in [1.54, 1.807) is 0 Å². The van der Waals surface area contributed by atoms with Gasteiger partial charge in [0.15, 0.2) is 0 Å². The molecule has 0 aliphatic carbocycles. The lowest BCUT2D eigenvalue weighted by atomic mass is 10.00. The molecule has 0 spiro atoms. The van der Waals surface area contributed by atoms with Crippen molar-refractivity contribution in [2.24, 2.45) is 11.7 Å². The van der Waals surface area contributed by atoms with Crippen molar-refractivity contribution in [3.63, 3.8) is 0 Å². The summed E-state index contributed by atoms with van der Waals surface area (Å²) in [6, 6.07) is 3.14. The molecule has 0 aliphatic heterocycles. The molecule has 0 aromatic heterocycles. The molecule has 1 unspecified atom stereocenters. The highest BCUT2D eigenvalue weighted by Gasteiger charge is 2.10. The molecule has 0 saturated carbocycles. The second kappa shape index (κ2) is 5.70. The molecule has 2 nitrogen and oxygen atoms in total. The summed E-state index contributed by atoms with van der Waals surface area (Å²) >= 11 is 0. The highest BCUT2D eigenvalue weighted by Crippen LogP contribution is 2.11. The zero-order valence-corrected chi connectivity index (χ0v) is 9.17. The maximum absolute atomic E-state index is 12.8. The molecule has 2 N–H and O–H groups in total. The molecule has 0 fully saturated rings. The third-order valence-corrected chi connectivity index (χ3v) is 2.30. The second-order valence-electron chi connectivity index (χ2n) is 4.04. The van der Waals surface area contributed by atoms with E-state index in [0.717, 1.165) is 6.07 Å². The molecule has 1 aromatic carbocycles. The number of rotatable bonds is 5. The van der Waals surface area contributed by atoms with Crippen LogP contribution < -0.4 is 5.73 Å². The first-order valence-electron chi connectivity index (χ1n) is 5.18. The van der Waals surface area contributed by atoms with Gasteiger partial charge >= 0.3 is 0 Å². The van der Waals surface area contributed by atoms with Crippen LogP contribution in [0.25, 0.3) is 0 Å². The molecule has 16 heavy (non-hydrogen) atoms. The Bertz CT molecular complexity index is 359. The van der Waals surface area contributed by atoms with E-state index in [4.69, 9.17) is 5.73 Å². The fourth-order valence-electron chi connectivity index (χ4n) is 1.48. The second-order valence-corrected chi connectivity index (χ2v) is 4.04. The average molecular weight is 227 g/mol. The summed E-state index contributed by atoms with van der Waals surface area (Å²) in [5, 5.41) is 0. The van der Waals surface area contributed by atoms with Crippen molar-refractivity contribution in [2.75, 3.05) is 6.54 Å². The first-order chi connectivity index (χ1) is 7.51. The van der Waals surface area contributed by atoms with Crippen LogP contribution in [-0.2, 0) is 11.2 Å². The van der Waals surface area contributed by atoms with Crippen molar-refractivity contribution in [1.29, 1.82) is 0 Å². The van der Waals surface area contributed by atoms with Gasteiger partial charge in [0.1, 0.15) is 17.4 Å². The van der Waals surface area contributed by atoms with E-state index in [2.05, 4.69) is 0 Å². The molecular formula is C12H15F2NO. The van der Waals surface area contributed by atoms with Crippen molar-refractivity contribution in [3.8, 4) is 0 Å². The normalized spacial score (nSPS) is 12.5. The third kappa shape index (κ3) is 4.06. The zero-order chi connectivity index (χ0) is 12.1. The maximum atomic E-state index is 12.8. The number of Topliss-reactive ketones (excluding diaryl/α,β-unsaturated/α-hetero) is 1. The Balaban J connectivity index is 2.62. The van der Waals surface area contributed by atoms with Gasteiger partial charge in [0.2, 0.25) is 0 Å². The molecule has 88 valence electrons. The highest BCUT2D eigenvalue weighted by molar-refractivity contribution is 5.81. The third-order valence-electron chi connectivity index (χ3n) is 2.30. The van der Waals surface area contributed by atoms with Crippen LogP contribution in [0.15, 0.2) is 18.2 Å². The van der Waals surface area contributed by atoms with Crippen LogP contribution in [0.2, 0.25) is 0 Å². The lowest BCUT2D eigenvalue weighted by molar-refractivity contribution is -0.119. The standard InChI is InChI=1S/C12H15F2NO/c1-8(7-15)2-12(16)5-9-3-10(13)6-11(14)4-9/h3-4,6,8H,2,5,7,15H2,1H3. The molecule has 0 aliphatic rings. The molecular weight excluding hydrogens is 212 g/mol. The molecule has 0 bridgehead atoms. The summed E-state index contributed by atoms with van der Waals surface area (Å²) in [7, 11) is 0. The van der Waals surface area contributed by atoms with Gasteiger partial charge in [0.25, 0.3) is 0 Å². The van der Waals surface area contributed by atoms with Crippen LogP contribution in [-0.4, -0.2) is 12.3 Å². The smallest absolute Gasteiger partial charge is 0.137 e. The molecule has 0 heterocycles. The summed E-state index contributed by atoms with van der Waals surface area (Å²) in [5.74, 6) is -1.27. The number of nitrogens with two attached hydrogens (primary N) is 1. The van der Waals surface area contributed by atoms with Crippen molar-refractivity contribution in [1.82, 2.24) is 0 Å². The Hall–Kier alpha value is -1.29. The van der Waals surface area contributed by atoms with Crippen molar-refractivity contribution in [2.45, 2.75) is 19.8 Å². The summed E-state index contributed by atoms with van der Waals surface area (Å²) in [6.45, 7) is 2.30. The predicted molar refractivity (Wildman–Crippen MR) is 57.9 cm³/mol. The van der Waals surface area contributed by atoms with Crippen LogP contribution in [0, 0.1) is 17.6 Å². The van der Waals surface area contributed by atoms with E-state index in [9.17, 15) is 13.6 Å². The Labute approximate surface area is 93.5 Å².